The van der Waals surface area contributed by atoms with Gasteiger partial charge in [-0.1, -0.05) is 110 Å². The molecular formula is C40H62ClN3O3. The number of aryl methyl sites for hydroxylation is 5. The lowest BCUT2D eigenvalue weighted by Gasteiger charge is -2.08. The number of nitrogens with zero attached hydrogens (tertiary/aromatic N) is 1. The van der Waals surface area contributed by atoms with E-state index in [-0.39, 0.29) is 0 Å². The first-order valence-corrected chi connectivity index (χ1v) is 17.6. The molecule has 0 atom stereocenters. The molecule has 4 rings (SSSR count). The summed E-state index contributed by atoms with van der Waals surface area (Å²) in [6.45, 7) is 19.5. The Morgan fingerprint density at radius 1 is 0.851 bits per heavy atom. The molecule has 2 aromatic carbocycles. The van der Waals surface area contributed by atoms with E-state index in [1.54, 1.807) is 26.5 Å². The predicted molar refractivity (Wildman–Crippen MR) is 203 cm³/mol. The summed E-state index contributed by atoms with van der Waals surface area (Å²) in [6, 6.07) is 14.7. The number of methoxy groups -OCH3 is 2. The van der Waals surface area contributed by atoms with Crippen LogP contribution in [0.2, 0.25) is 5.15 Å². The lowest BCUT2D eigenvalue weighted by atomic mass is 10.0. The number of hydroxylamine groups is 1. The van der Waals surface area contributed by atoms with Crippen molar-refractivity contribution >= 4 is 17.3 Å². The number of nitrogens with one attached hydrogen (secondary N) is 2. The first-order chi connectivity index (χ1) is 22.7. The van der Waals surface area contributed by atoms with Gasteiger partial charge < -0.3 is 14.3 Å². The van der Waals surface area contributed by atoms with Crippen molar-refractivity contribution in [2.24, 2.45) is 0 Å². The van der Waals surface area contributed by atoms with Crippen LogP contribution in [-0.2, 0) is 24.1 Å². The van der Waals surface area contributed by atoms with E-state index in [2.05, 4.69) is 88.4 Å². The standard InChI is InChI=1S/2C12H18O.C10H10ClN3O.C4H10.C2H6/c1-4-5-6-11-8-7-10(2)9-12(11)13-3;1-4-6-11-8-7-10(5-2)9-12(11)13-3;1-6-2-9(11)13-4-8(6)10(12)7-3-14-15-5-7;1-3-4-2;1-2/h2*7-9H,4-6H2,1-3H3;2,4-5,12,14H,3H2,1H3;3-4H2,1-2H3;1-2H3. The number of hydrogen-bond donors (Lipinski definition) is 2. The third-order valence-electron chi connectivity index (χ3n) is 7.24. The number of benzene rings is 2. The fraction of sp³-hybridized carbons (Fsp3) is 0.500. The maximum Gasteiger partial charge on any atom is 0.129 e. The van der Waals surface area contributed by atoms with Crippen molar-refractivity contribution < 1.29 is 14.3 Å². The van der Waals surface area contributed by atoms with E-state index in [0.29, 0.717) is 17.4 Å². The first kappa shape index (κ1) is 43.6. The molecule has 3 aromatic rings. The molecule has 0 saturated heterocycles. The van der Waals surface area contributed by atoms with Gasteiger partial charge in [0.05, 0.1) is 26.5 Å². The molecule has 7 heteroatoms. The smallest absolute Gasteiger partial charge is 0.129 e. The topological polar surface area (TPSA) is 76.5 Å². The van der Waals surface area contributed by atoms with Gasteiger partial charge >= 0.3 is 0 Å². The third-order valence-corrected chi connectivity index (χ3v) is 7.44. The minimum Gasteiger partial charge on any atom is -0.496 e. The van der Waals surface area contributed by atoms with Gasteiger partial charge in [0.1, 0.15) is 22.9 Å². The Labute approximate surface area is 291 Å². The van der Waals surface area contributed by atoms with Crippen molar-refractivity contribution in [3.63, 3.8) is 0 Å². The first-order valence-electron chi connectivity index (χ1n) is 17.3. The lowest BCUT2D eigenvalue weighted by Crippen LogP contribution is -2.13. The number of pyridine rings is 1. The number of unbranched alkanes of at least 4 members (excludes halogenated alkanes) is 2. The lowest BCUT2D eigenvalue weighted by molar-refractivity contribution is 0.168. The number of aromatic nitrogens is 1. The van der Waals surface area contributed by atoms with Gasteiger partial charge in [-0.05, 0) is 85.5 Å². The Kier molecular flexibility index (Phi) is 24.8. The fourth-order valence-corrected chi connectivity index (χ4v) is 4.50. The maximum atomic E-state index is 7.97. The molecule has 47 heavy (non-hydrogen) atoms. The fourth-order valence-electron chi connectivity index (χ4n) is 4.29. The Hall–Kier alpha value is -3.35. The van der Waals surface area contributed by atoms with Gasteiger partial charge in [0.2, 0.25) is 0 Å². The number of ether oxygens (including phenoxy) is 2. The summed E-state index contributed by atoms with van der Waals surface area (Å²) in [5.74, 6) is 2.08. The van der Waals surface area contributed by atoms with Crippen LogP contribution in [0.1, 0.15) is 114 Å². The van der Waals surface area contributed by atoms with Gasteiger partial charge in [-0.15, -0.1) is 0 Å². The van der Waals surface area contributed by atoms with Crippen molar-refractivity contribution in [3.8, 4) is 11.5 Å². The van der Waals surface area contributed by atoms with Crippen molar-refractivity contribution in [2.75, 3.05) is 20.8 Å². The summed E-state index contributed by atoms with van der Waals surface area (Å²) in [7, 11) is 3.48. The number of rotatable bonds is 11. The van der Waals surface area contributed by atoms with E-state index >= 15 is 0 Å². The molecule has 0 radical (unpaired) electrons. The third kappa shape index (κ3) is 16.9. The van der Waals surface area contributed by atoms with Crippen LogP contribution >= 0.6 is 11.6 Å². The quantitative estimate of drug-likeness (QED) is 0.157. The normalized spacial score (nSPS) is 11.0. The Balaban J connectivity index is 0.000000624. The summed E-state index contributed by atoms with van der Waals surface area (Å²) >= 11 is 5.75. The molecular weight excluding hydrogens is 606 g/mol. The Morgan fingerprint density at radius 3 is 1.98 bits per heavy atom. The van der Waals surface area contributed by atoms with E-state index in [4.69, 9.17) is 31.3 Å². The van der Waals surface area contributed by atoms with Gasteiger partial charge in [-0.2, -0.15) is 5.48 Å². The van der Waals surface area contributed by atoms with E-state index in [9.17, 15) is 0 Å². The van der Waals surface area contributed by atoms with Crippen LogP contribution in [0.4, 0.5) is 0 Å². The highest BCUT2D eigenvalue weighted by molar-refractivity contribution is 6.29. The van der Waals surface area contributed by atoms with Crippen LogP contribution in [0, 0.1) is 19.3 Å². The molecule has 0 unspecified atom stereocenters. The molecule has 1 aromatic heterocycles. The maximum absolute atomic E-state index is 7.97. The van der Waals surface area contributed by atoms with Crippen molar-refractivity contribution in [1.82, 2.24) is 10.5 Å². The molecule has 0 bridgehead atoms. The Morgan fingerprint density at radius 2 is 1.47 bits per heavy atom. The summed E-state index contributed by atoms with van der Waals surface area (Å²) in [6.07, 6.45) is 12.7. The summed E-state index contributed by atoms with van der Waals surface area (Å²) in [5.41, 5.74) is 10.9. The second-order valence-electron chi connectivity index (χ2n) is 10.9. The molecule has 262 valence electrons. The predicted octanol–water partition coefficient (Wildman–Crippen LogP) is 11.2. The van der Waals surface area contributed by atoms with E-state index in [1.807, 2.05) is 20.8 Å². The van der Waals surface area contributed by atoms with Gasteiger partial charge in [-0.25, -0.2) is 4.98 Å². The van der Waals surface area contributed by atoms with Gasteiger partial charge in [0.25, 0.3) is 0 Å². The molecule has 0 saturated carbocycles. The highest BCUT2D eigenvalue weighted by Crippen LogP contribution is 2.23. The van der Waals surface area contributed by atoms with Gasteiger partial charge in [0.15, 0.2) is 0 Å². The number of hydrogen-bond acceptors (Lipinski definition) is 6. The summed E-state index contributed by atoms with van der Waals surface area (Å²) in [4.78, 5) is 8.83. The summed E-state index contributed by atoms with van der Waals surface area (Å²) in [5, 5.41) is 8.41. The monoisotopic (exact) mass is 667 g/mol. The van der Waals surface area contributed by atoms with Crippen LogP contribution in [0.5, 0.6) is 11.5 Å². The Bertz CT molecular complexity index is 1320. The minimum absolute atomic E-state index is 0.418. The van der Waals surface area contributed by atoms with Crippen LogP contribution in [0.15, 0.2) is 60.5 Å². The summed E-state index contributed by atoms with van der Waals surface area (Å²) < 4.78 is 10.7. The van der Waals surface area contributed by atoms with Gasteiger partial charge in [-0.3, -0.25) is 5.41 Å². The molecule has 1 aliphatic heterocycles. The zero-order valence-electron chi connectivity index (χ0n) is 31.1. The average molecular weight is 668 g/mol. The zero-order chi connectivity index (χ0) is 35.6. The number of halogens is 1. The van der Waals surface area contributed by atoms with Gasteiger partial charge in [0, 0.05) is 17.3 Å². The van der Waals surface area contributed by atoms with Crippen molar-refractivity contribution in [1.29, 1.82) is 5.41 Å². The van der Waals surface area contributed by atoms with E-state index in [0.717, 1.165) is 47.5 Å². The molecule has 0 amide bonds. The van der Waals surface area contributed by atoms with Crippen LogP contribution in [0.25, 0.3) is 0 Å². The van der Waals surface area contributed by atoms with Crippen molar-refractivity contribution in [3.05, 3.63) is 99.0 Å². The van der Waals surface area contributed by atoms with Crippen LogP contribution in [-0.4, -0.2) is 31.5 Å². The SMILES string of the molecule is CC.CCCC.CCCCc1ccc(C)cc1OC.CCCc1ccc(CC)cc1OC.Cc1cc(Cl)ncc1C(=N)C1=CONC1. The molecule has 2 heterocycles. The molecule has 0 aliphatic carbocycles. The largest absolute Gasteiger partial charge is 0.496 e. The molecule has 6 nitrogen and oxygen atoms in total. The second-order valence-corrected chi connectivity index (χ2v) is 11.3. The molecule has 0 spiro atoms. The van der Waals surface area contributed by atoms with E-state index in [1.165, 1.54) is 60.6 Å². The molecule has 1 aliphatic rings. The minimum atomic E-state index is 0.418. The van der Waals surface area contributed by atoms with E-state index < -0.39 is 0 Å². The average Bonchev–Trinajstić information content (AvgIpc) is 3.65. The molecule has 0 fully saturated rings. The highest BCUT2D eigenvalue weighted by atomic mass is 35.5. The van der Waals surface area contributed by atoms with Crippen LogP contribution < -0.4 is 15.0 Å². The molecule has 2 N–H and O–H groups in total. The van der Waals surface area contributed by atoms with Crippen molar-refractivity contribution in [2.45, 2.75) is 114 Å². The zero-order valence-corrected chi connectivity index (χ0v) is 31.9. The second kappa shape index (κ2) is 26.7. The van der Waals surface area contributed by atoms with Crippen LogP contribution in [0.3, 0.4) is 0 Å². The highest BCUT2D eigenvalue weighted by Gasteiger charge is 2.15.